The molecule has 0 radical (unpaired) electrons. The number of rotatable bonds is 0. The Morgan fingerprint density at radius 1 is 0.800 bits per heavy atom. The van der Waals surface area contributed by atoms with E-state index in [1.807, 2.05) is 0 Å². The predicted octanol–water partition coefficient (Wildman–Crippen LogP) is -1.03. The van der Waals surface area contributed by atoms with E-state index in [0.29, 0.717) is 0 Å². The fourth-order valence-electron chi connectivity index (χ4n) is 0. The molecule has 0 bridgehead atoms. The first-order valence-electron chi connectivity index (χ1n) is 1.30. The van der Waals surface area contributed by atoms with Gasteiger partial charge in [0.25, 0.3) is 0 Å². The van der Waals surface area contributed by atoms with Gasteiger partial charge in [-0.3, -0.25) is 0 Å². The molecule has 0 aliphatic heterocycles. The van der Waals surface area contributed by atoms with Gasteiger partial charge < -0.3 is 25.9 Å². The van der Waals surface area contributed by atoms with Crippen LogP contribution in [0.15, 0.2) is 0 Å². The van der Waals surface area contributed by atoms with Crippen LogP contribution in [0, 0.1) is 0 Å². The number of hydrogen-bond donors (Lipinski definition) is 4. The van der Waals surface area contributed by atoms with E-state index in [0.717, 1.165) is 0 Å². The van der Waals surface area contributed by atoms with E-state index in [2.05, 4.69) is 0 Å². The topological polar surface area (TPSA) is 147 Å². The van der Waals surface area contributed by atoms with Crippen molar-refractivity contribution in [2.75, 3.05) is 0 Å². The average molecular weight is 166 g/mol. The number of hydrogen-bond acceptors (Lipinski definition) is 2. The molecule has 0 spiro atoms. The first-order chi connectivity index (χ1) is 3.46. The van der Waals surface area contributed by atoms with Crippen molar-refractivity contribution >= 4 is 41.9 Å². The monoisotopic (exact) mass is 166 g/mol. The number of carbonyl (C=O) groups is 2. The molecule has 7 nitrogen and oxygen atoms in total. The summed E-state index contributed by atoms with van der Waals surface area (Å²) in [5.41, 5.74) is 0. The van der Waals surface area contributed by atoms with Crippen LogP contribution in [0.5, 0.6) is 0 Å². The van der Waals surface area contributed by atoms with Crippen molar-refractivity contribution in [3.05, 3.63) is 0 Å². The molecule has 6 N–H and O–H groups in total. The zero-order valence-corrected chi connectivity index (χ0v) is 4.11. The van der Waals surface area contributed by atoms with Gasteiger partial charge in [0, 0.05) is 0 Å². The summed E-state index contributed by atoms with van der Waals surface area (Å²) in [4.78, 5) is 17.1. The second-order valence-electron chi connectivity index (χ2n) is 0.565. The fourth-order valence-corrected chi connectivity index (χ4v) is 0. The van der Waals surface area contributed by atoms with E-state index in [-0.39, 0.29) is 35.0 Å². The van der Waals surface area contributed by atoms with Gasteiger partial charge >= 0.3 is 41.9 Å². The molecule has 0 aliphatic carbocycles. The van der Waals surface area contributed by atoms with E-state index >= 15 is 0 Å². The van der Waals surface area contributed by atoms with Crippen LogP contribution in [0.3, 0.4) is 0 Å². The van der Waals surface area contributed by atoms with Crippen molar-refractivity contribution in [1.29, 1.82) is 0 Å². The summed E-state index contributed by atoms with van der Waals surface area (Å²) < 4.78 is 0. The minimum absolute atomic E-state index is 0. The predicted molar refractivity (Wildman–Crippen MR) is 32.1 cm³/mol. The van der Waals surface area contributed by atoms with Crippen LogP contribution >= 0.6 is 0 Å². The van der Waals surface area contributed by atoms with Crippen molar-refractivity contribution < 1.29 is 35.5 Å². The molecule has 0 amide bonds. The molecule has 0 aliphatic rings. The van der Waals surface area contributed by atoms with Gasteiger partial charge in [-0.25, -0.2) is 9.59 Å². The van der Waals surface area contributed by atoms with Crippen LogP contribution in [0.25, 0.3) is 0 Å². The zero-order chi connectivity index (χ0) is 7.15. The standard InChI is InChI=1S/2CH2O3.Na.H2O.H/c2*2-1(3)4;;;/h2*(H2,2,3,4);;1H2;. The van der Waals surface area contributed by atoms with Crippen molar-refractivity contribution in [3.63, 3.8) is 0 Å². The SMILES string of the molecule is O.O=C(O)O.O=C(O)O.[NaH]. The van der Waals surface area contributed by atoms with Crippen molar-refractivity contribution in [2.45, 2.75) is 0 Å². The summed E-state index contributed by atoms with van der Waals surface area (Å²) in [5.74, 6) is 0. The maximum atomic E-state index is 8.56. The number of carboxylic acid groups (broad SMARTS) is 4. The van der Waals surface area contributed by atoms with E-state index in [9.17, 15) is 0 Å². The van der Waals surface area contributed by atoms with Gasteiger partial charge in [0.1, 0.15) is 0 Å². The molecule has 0 atom stereocenters. The maximum absolute atomic E-state index is 8.56. The molecule has 0 rings (SSSR count). The second-order valence-corrected chi connectivity index (χ2v) is 0.565. The van der Waals surface area contributed by atoms with Crippen LogP contribution in [-0.4, -0.2) is 67.8 Å². The molecule has 0 saturated heterocycles. The van der Waals surface area contributed by atoms with E-state index < -0.39 is 12.3 Å². The van der Waals surface area contributed by atoms with Crippen LogP contribution in [0.2, 0.25) is 0 Å². The average Bonchev–Trinajstić information content (AvgIpc) is 1.25. The van der Waals surface area contributed by atoms with Gasteiger partial charge in [-0.1, -0.05) is 0 Å². The molecule has 10 heavy (non-hydrogen) atoms. The Labute approximate surface area is 77.5 Å². The molecule has 0 aromatic rings. The molecule has 0 fully saturated rings. The molecular weight excluding hydrogens is 159 g/mol. The van der Waals surface area contributed by atoms with E-state index in [4.69, 9.17) is 30.0 Å². The molecule has 0 saturated carbocycles. The Bertz CT molecular complexity index is 69.6. The fraction of sp³-hybridized carbons (Fsp3) is 0. The molecule has 58 valence electrons. The van der Waals surface area contributed by atoms with Crippen molar-refractivity contribution in [2.24, 2.45) is 0 Å². The quantitative estimate of drug-likeness (QED) is 0.338. The first-order valence-corrected chi connectivity index (χ1v) is 1.30. The molecular formula is C2H7NaO7. The van der Waals surface area contributed by atoms with E-state index in [1.54, 1.807) is 0 Å². The Morgan fingerprint density at radius 3 is 0.800 bits per heavy atom. The Morgan fingerprint density at radius 2 is 0.800 bits per heavy atom. The van der Waals surface area contributed by atoms with Crippen molar-refractivity contribution in [1.82, 2.24) is 0 Å². The molecule has 0 heterocycles. The first kappa shape index (κ1) is 22.7. The summed E-state index contributed by atoms with van der Waals surface area (Å²) in [6.45, 7) is 0. The Hall–Kier alpha value is -0.500. The molecule has 0 aromatic heterocycles. The van der Waals surface area contributed by atoms with Gasteiger partial charge in [0.05, 0.1) is 0 Å². The van der Waals surface area contributed by atoms with Crippen LogP contribution in [0.4, 0.5) is 9.59 Å². The van der Waals surface area contributed by atoms with Gasteiger partial charge in [0.2, 0.25) is 0 Å². The van der Waals surface area contributed by atoms with Gasteiger partial charge in [-0.2, -0.15) is 0 Å². The Balaban J connectivity index is -0.0000000300. The summed E-state index contributed by atoms with van der Waals surface area (Å²) >= 11 is 0. The normalized spacial score (nSPS) is 4.80. The third-order valence-corrected chi connectivity index (χ3v) is 0. The summed E-state index contributed by atoms with van der Waals surface area (Å²) in [6.07, 6.45) is -3.67. The van der Waals surface area contributed by atoms with Crippen LogP contribution in [0.1, 0.15) is 0 Å². The third kappa shape index (κ3) is 1270. The van der Waals surface area contributed by atoms with Crippen molar-refractivity contribution in [3.8, 4) is 0 Å². The van der Waals surface area contributed by atoms with Gasteiger partial charge in [-0.15, -0.1) is 0 Å². The minimum atomic E-state index is -1.83. The molecule has 0 aromatic carbocycles. The van der Waals surface area contributed by atoms with Crippen LogP contribution < -0.4 is 0 Å². The summed E-state index contributed by atoms with van der Waals surface area (Å²) in [6, 6.07) is 0. The molecule has 8 heteroatoms. The second kappa shape index (κ2) is 15.8. The molecule has 0 unspecified atom stereocenters. The van der Waals surface area contributed by atoms with Crippen LogP contribution in [-0.2, 0) is 0 Å². The summed E-state index contributed by atoms with van der Waals surface area (Å²) in [5, 5.41) is 27.9. The summed E-state index contributed by atoms with van der Waals surface area (Å²) in [7, 11) is 0. The third-order valence-electron chi connectivity index (χ3n) is 0. The van der Waals surface area contributed by atoms with Gasteiger partial charge in [0.15, 0.2) is 0 Å². The Kier molecular flexibility index (Phi) is 35.9. The van der Waals surface area contributed by atoms with Gasteiger partial charge in [-0.05, 0) is 0 Å². The zero-order valence-electron chi connectivity index (χ0n) is 4.11. The van der Waals surface area contributed by atoms with E-state index in [1.165, 1.54) is 0 Å².